The predicted octanol–water partition coefficient (Wildman–Crippen LogP) is 5.12. The van der Waals surface area contributed by atoms with Crippen LogP contribution in [0.5, 0.6) is 0 Å². The van der Waals surface area contributed by atoms with Gasteiger partial charge in [-0.2, -0.15) is 0 Å². The molecule has 1 heterocycles. The second kappa shape index (κ2) is 8.64. The minimum absolute atomic E-state index is 0.274. The number of benzene rings is 2. The van der Waals surface area contributed by atoms with Crippen LogP contribution in [0.1, 0.15) is 30.7 Å². The van der Waals surface area contributed by atoms with Gasteiger partial charge in [0.15, 0.2) is 0 Å². The summed E-state index contributed by atoms with van der Waals surface area (Å²) in [5.41, 5.74) is 2.22. The third kappa shape index (κ3) is 4.54. The Bertz CT molecular complexity index is 908. The second-order valence-electron chi connectivity index (χ2n) is 7.05. The summed E-state index contributed by atoms with van der Waals surface area (Å²) >= 11 is 0. The van der Waals surface area contributed by atoms with Crippen molar-refractivity contribution in [1.82, 2.24) is 9.97 Å². The van der Waals surface area contributed by atoms with Gasteiger partial charge in [0, 0.05) is 20.2 Å². The molecule has 3 rings (SSSR count). The summed E-state index contributed by atoms with van der Waals surface area (Å²) in [5.74, 6) is 0.949. The van der Waals surface area contributed by atoms with Gasteiger partial charge in [0.1, 0.15) is 0 Å². The van der Waals surface area contributed by atoms with Gasteiger partial charge in [-0.3, -0.25) is 4.98 Å². The Hall–Kier alpha value is -3.23. The highest BCUT2D eigenvalue weighted by molar-refractivity contribution is 5.51. The van der Waals surface area contributed by atoms with E-state index in [2.05, 4.69) is 44.0 Å². The van der Waals surface area contributed by atoms with E-state index in [-0.39, 0.29) is 5.82 Å². The van der Waals surface area contributed by atoms with Crippen molar-refractivity contribution in [2.75, 3.05) is 12.0 Å². The van der Waals surface area contributed by atoms with Gasteiger partial charge in [-0.25, -0.2) is 0 Å². The van der Waals surface area contributed by atoms with Crippen LogP contribution in [-0.4, -0.2) is 17.1 Å². The van der Waals surface area contributed by atoms with Gasteiger partial charge in [-0.15, -0.1) is 0 Å². The summed E-state index contributed by atoms with van der Waals surface area (Å²) in [6.45, 7) is 12.7. The lowest BCUT2D eigenvalue weighted by molar-refractivity contribution is 0.0160. The summed E-state index contributed by atoms with van der Waals surface area (Å²) < 4.78 is 5.50. The number of rotatable bonds is 7. The molecular weight excluding hydrogens is 348 g/mol. The van der Waals surface area contributed by atoms with Gasteiger partial charge in [-0.1, -0.05) is 72.2 Å². The lowest BCUT2D eigenvalue weighted by Gasteiger charge is -2.25. The van der Waals surface area contributed by atoms with Crippen molar-refractivity contribution >= 4 is 11.6 Å². The maximum atomic E-state index is 7.57. The van der Waals surface area contributed by atoms with Gasteiger partial charge in [0.25, 0.3) is 5.82 Å². The molecule has 28 heavy (non-hydrogen) atoms. The molecule has 3 aromatic rings. The molecule has 0 amide bonds. The third-order valence-corrected chi connectivity index (χ3v) is 4.68. The molecule has 0 aliphatic rings. The first-order chi connectivity index (χ1) is 13.5. The number of hydrogen-bond donors (Lipinski definition) is 0. The number of ether oxygens (including phenoxy) is 1. The van der Waals surface area contributed by atoms with Gasteiger partial charge in [0.2, 0.25) is 5.82 Å². The fourth-order valence-electron chi connectivity index (χ4n) is 2.95. The highest BCUT2D eigenvalue weighted by atomic mass is 16.5. The summed E-state index contributed by atoms with van der Waals surface area (Å²) in [4.78, 5) is 14.9. The first-order valence-corrected chi connectivity index (χ1v) is 9.16. The van der Waals surface area contributed by atoms with E-state index >= 15 is 0 Å². The van der Waals surface area contributed by atoms with Gasteiger partial charge < -0.3 is 14.5 Å². The van der Waals surface area contributed by atoms with Crippen LogP contribution in [0.15, 0.2) is 66.9 Å². The highest BCUT2D eigenvalue weighted by Crippen LogP contribution is 2.31. The number of nitrogens with zero attached hydrogens (tertiary/aromatic N) is 4. The Morgan fingerprint density at radius 2 is 1.50 bits per heavy atom. The van der Waals surface area contributed by atoms with Crippen LogP contribution in [-0.2, 0) is 23.4 Å². The minimum atomic E-state index is -0.672. The Kier molecular flexibility index (Phi) is 6.03. The Morgan fingerprint density at radius 3 is 1.96 bits per heavy atom. The maximum Gasteiger partial charge on any atom is 0.296 e. The largest absolute Gasteiger partial charge is 0.374 e. The smallest absolute Gasteiger partial charge is 0.296 e. The number of methoxy groups -OCH3 is 1. The first kappa shape index (κ1) is 19.5. The van der Waals surface area contributed by atoms with E-state index in [4.69, 9.17) is 11.3 Å². The van der Waals surface area contributed by atoms with Crippen molar-refractivity contribution in [3.05, 3.63) is 95.1 Å². The maximum absolute atomic E-state index is 7.57. The molecule has 1 aromatic heterocycles. The van der Waals surface area contributed by atoms with E-state index in [0.717, 1.165) is 0 Å². The van der Waals surface area contributed by atoms with Crippen LogP contribution in [0.3, 0.4) is 0 Å². The lowest BCUT2D eigenvalue weighted by atomic mass is 10.0. The molecule has 2 aromatic carbocycles. The molecule has 0 aliphatic carbocycles. The van der Waals surface area contributed by atoms with Crippen molar-refractivity contribution < 1.29 is 4.74 Å². The van der Waals surface area contributed by atoms with E-state index in [1.165, 1.54) is 11.1 Å². The zero-order valence-electron chi connectivity index (χ0n) is 16.5. The standard InChI is InChI=1S/C23H24N4O/c1-23(2,28-4)21-22(24-3)26-20(15-25-21)27(16-18-11-7-5-8-12-18)17-19-13-9-6-10-14-19/h5-15H,16-17H2,1-2,4H3. The van der Waals surface area contributed by atoms with Crippen LogP contribution < -0.4 is 4.90 Å². The van der Waals surface area contributed by atoms with Crippen molar-refractivity contribution in [1.29, 1.82) is 0 Å². The Labute approximate surface area is 166 Å². The van der Waals surface area contributed by atoms with Gasteiger partial charge in [-0.05, 0) is 25.0 Å². The Balaban J connectivity index is 1.98. The summed E-state index contributed by atoms with van der Waals surface area (Å²) in [6.07, 6.45) is 1.73. The van der Waals surface area contributed by atoms with Crippen LogP contribution in [0.2, 0.25) is 0 Å². The van der Waals surface area contributed by atoms with Crippen molar-refractivity contribution in [3.63, 3.8) is 0 Å². The topological polar surface area (TPSA) is 42.6 Å². The van der Waals surface area contributed by atoms with Crippen molar-refractivity contribution in [3.8, 4) is 0 Å². The van der Waals surface area contributed by atoms with Crippen LogP contribution in [0.4, 0.5) is 11.6 Å². The number of hydrogen-bond acceptors (Lipinski definition) is 4. The third-order valence-electron chi connectivity index (χ3n) is 4.68. The quantitative estimate of drug-likeness (QED) is 0.540. The molecule has 0 atom stereocenters. The molecule has 0 spiro atoms. The molecule has 0 bridgehead atoms. The fourth-order valence-corrected chi connectivity index (χ4v) is 2.95. The van der Waals surface area contributed by atoms with E-state index in [1.54, 1.807) is 13.3 Å². The second-order valence-corrected chi connectivity index (χ2v) is 7.05. The van der Waals surface area contributed by atoms with E-state index in [9.17, 15) is 0 Å². The highest BCUT2D eigenvalue weighted by Gasteiger charge is 2.27. The van der Waals surface area contributed by atoms with E-state index in [0.29, 0.717) is 24.6 Å². The molecular formula is C23H24N4O. The molecule has 0 saturated heterocycles. The molecule has 5 heteroatoms. The van der Waals surface area contributed by atoms with Gasteiger partial charge >= 0.3 is 0 Å². The molecule has 0 aliphatic heterocycles. The van der Waals surface area contributed by atoms with Crippen molar-refractivity contribution in [2.24, 2.45) is 0 Å². The first-order valence-electron chi connectivity index (χ1n) is 9.16. The van der Waals surface area contributed by atoms with Crippen molar-refractivity contribution in [2.45, 2.75) is 32.5 Å². The monoisotopic (exact) mass is 372 g/mol. The molecule has 0 fully saturated rings. The number of aromatic nitrogens is 2. The van der Waals surface area contributed by atoms with Crippen LogP contribution >= 0.6 is 0 Å². The van der Waals surface area contributed by atoms with E-state index in [1.807, 2.05) is 50.2 Å². The Morgan fingerprint density at radius 1 is 0.964 bits per heavy atom. The van der Waals surface area contributed by atoms with E-state index < -0.39 is 5.60 Å². The molecule has 5 nitrogen and oxygen atoms in total. The molecule has 0 unspecified atom stereocenters. The van der Waals surface area contributed by atoms with Crippen LogP contribution in [0.25, 0.3) is 4.85 Å². The minimum Gasteiger partial charge on any atom is -0.374 e. The fraction of sp³-hybridized carbons (Fsp3) is 0.261. The zero-order chi connectivity index (χ0) is 20.0. The lowest BCUT2D eigenvalue weighted by Crippen LogP contribution is -2.25. The summed E-state index contributed by atoms with van der Waals surface area (Å²) in [6, 6.07) is 20.5. The summed E-state index contributed by atoms with van der Waals surface area (Å²) in [5, 5.41) is 0. The average molecular weight is 372 g/mol. The van der Waals surface area contributed by atoms with Gasteiger partial charge in [0.05, 0.1) is 17.5 Å². The normalized spacial score (nSPS) is 11.1. The van der Waals surface area contributed by atoms with Crippen LogP contribution in [0, 0.1) is 6.57 Å². The molecule has 0 N–H and O–H groups in total. The predicted molar refractivity (Wildman–Crippen MR) is 111 cm³/mol. The summed E-state index contributed by atoms with van der Waals surface area (Å²) in [7, 11) is 1.61. The average Bonchev–Trinajstić information content (AvgIpc) is 2.74. The molecule has 142 valence electrons. The molecule has 0 radical (unpaired) electrons. The zero-order valence-corrected chi connectivity index (χ0v) is 16.5. The molecule has 0 saturated carbocycles. The SMILES string of the molecule is [C-]#[N+]c1nc(N(Cc2ccccc2)Cc2ccccc2)cnc1C(C)(C)OC. The number of anilines is 1.